The molecule has 1 aliphatic rings. The number of aromatic amines is 1. The van der Waals surface area contributed by atoms with Gasteiger partial charge in [-0.1, -0.05) is 53.7 Å². The second-order valence-electron chi connectivity index (χ2n) is 21.5. The third-order valence-corrected chi connectivity index (χ3v) is 14.1. The molecule has 1 aromatic carbocycles. The highest BCUT2D eigenvalue weighted by Gasteiger charge is 2.41. The first-order valence-electron chi connectivity index (χ1n) is 27.6. The lowest BCUT2D eigenvalue weighted by molar-refractivity contribution is -0.143. The van der Waals surface area contributed by atoms with Crippen LogP contribution in [-0.2, 0) is 56.0 Å². The van der Waals surface area contributed by atoms with Crippen LogP contribution in [0.2, 0.25) is 0 Å². The zero-order valence-corrected chi connectivity index (χ0v) is 47.8. The number of carbonyl (C=O) groups is 9. The van der Waals surface area contributed by atoms with Gasteiger partial charge in [0.15, 0.2) is 0 Å². The Labute approximate surface area is 468 Å². The number of thioether (sulfide) groups is 1. The molecular weight excluding hydrogens is 1040 g/mol. The van der Waals surface area contributed by atoms with Crippen molar-refractivity contribution in [3.05, 3.63) is 48.0 Å². The van der Waals surface area contributed by atoms with Crippen molar-refractivity contribution < 1.29 is 53.4 Å². The van der Waals surface area contributed by atoms with Crippen molar-refractivity contribution in [2.24, 2.45) is 35.0 Å². The van der Waals surface area contributed by atoms with E-state index in [1.54, 1.807) is 25.6 Å². The molecule has 16 N–H and O–H groups in total. The van der Waals surface area contributed by atoms with E-state index < -0.39 is 114 Å². The summed E-state index contributed by atoms with van der Waals surface area (Å²) in [6.45, 7) is 11.7. The molecule has 0 unspecified atom stereocenters. The van der Waals surface area contributed by atoms with Crippen molar-refractivity contribution in [3.8, 4) is 5.75 Å². The number of phenols is 1. The summed E-state index contributed by atoms with van der Waals surface area (Å²) < 4.78 is 0. The summed E-state index contributed by atoms with van der Waals surface area (Å²) in [6, 6.07) is -4.47. The molecule has 1 fully saturated rings. The number of H-pyrrole nitrogens is 1. The van der Waals surface area contributed by atoms with Gasteiger partial charge in [-0.25, -0.2) is 9.78 Å². The van der Waals surface area contributed by atoms with Crippen LogP contribution in [0.15, 0.2) is 36.8 Å². The number of imidazole rings is 1. The van der Waals surface area contributed by atoms with Crippen molar-refractivity contribution in [1.82, 2.24) is 52.1 Å². The zero-order chi connectivity index (χ0) is 58.8. The Hall–Kier alpha value is -6.31. The highest BCUT2D eigenvalue weighted by Crippen LogP contribution is 2.22. The molecule has 9 atom stereocenters. The van der Waals surface area contributed by atoms with E-state index in [0.717, 1.165) is 0 Å². The molecule has 2 heterocycles. The van der Waals surface area contributed by atoms with Gasteiger partial charge in [-0.05, 0) is 131 Å². The number of amides is 8. The van der Waals surface area contributed by atoms with Gasteiger partial charge in [0.25, 0.3) is 0 Å². The van der Waals surface area contributed by atoms with Gasteiger partial charge in [0.05, 0.1) is 12.4 Å². The standard InChI is InChI=1S/C54H89N13O11S/c1-31(2)25-40(49(72)65-43(54(77)78)27-34-16-18-36(68)19-17-34)62-47(70)39(14-9-11-22-56)61-50(73)41(28-35-29-58-30-59-35)63-52(75)45(33(5)6)66-51(74)44-15-12-23-67(44)53(76)42(26-32(3)4)64-48(71)38(13-8-10-21-55)60-46(69)37(57)20-24-79-7/h16-19,29-33,37-45,68H,8-15,20-28,55-57H2,1-7H3,(H,58,59)(H,60,69)(H,61,73)(H,62,70)(H,63,75)(H,64,71)(H,65,72)(H,66,74)(H,77,78)/t37-,38-,39-,40-,41-,42-,43-,44-,45-/m0/s1. The van der Waals surface area contributed by atoms with Gasteiger partial charge in [-0.2, -0.15) is 11.8 Å². The number of aliphatic carboxylic acids is 1. The second-order valence-corrected chi connectivity index (χ2v) is 22.5. The maximum absolute atomic E-state index is 14.5. The molecule has 3 rings (SSSR count). The van der Waals surface area contributed by atoms with Gasteiger partial charge in [0.2, 0.25) is 47.3 Å². The zero-order valence-electron chi connectivity index (χ0n) is 47.0. The summed E-state index contributed by atoms with van der Waals surface area (Å²) >= 11 is 1.54. The lowest BCUT2D eigenvalue weighted by Crippen LogP contribution is -2.61. The number of phenolic OH excluding ortho intramolecular Hbond substituents is 1. The van der Waals surface area contributed by atoms with Crippen molar-refractivity contribution in [2.75, 3.05) is 31.6 Å². The van der Waals surface area contributed by atoms with Crippen LogP contribution in [-0.4, -0.2) is 164 Å². The minimum atomic E-state index is -1.38. The predicted octanol–water partition coefficient (Wildman–Crippen LogP) is 0.456. The quantitative estimate of drug-likeness (QED) is 0.0412. The van der Waals surface area contributed by atoms with Crippen LogP contribution >= 0.6 is 11.8 Å². The molecule has 1 aromatic heterocycles. The minimum absolute atomic E-state index is 0.0146. The van der Waals surface area contributed by atoms with Crippen LogP contribution in [0.3, 0.4) is 0 Å². The normalized spacial score (nSPS) is 16.4. The van der Waals surface area contributed by atoms with Gasteiger partial charge in [0, 0.05) is 31.3 Å². The van der Waals surface area contributed by atoms with Gasteiger partial charge in [0.1, 0.15) is 54.1 Å². The number of rotatable bonds is 36. The van der Waals surface area contributed by atoms with E-state index in [2.05, 4.69) is 47.2 Å². The Morgan fingerprint density at radius 1 is 0.671 bits per heavy atom. The van der Waals surface area contributed by atoms with E-state index >= 15 is 0 Å². The molecule has 1 aliphatic heterocycles. The Morgan fingerprint density at radius 2 is 1.19 bits per heavy atom. The third kappa shape index (κ3) is 23.1. The summed E-state index contributed by atoms with van der Waals surface area (Å²) in [7, 11) is 0. The SMILES string of the molecule is CSCC[C@H](N)C(=O)N[C@@H](CCCCN)C(=O)N[C@@H](CC(C)C)C(=O)N1CCC[C@H]1C(=O)N[C@H](C(=O)N[C@@H](Cc1cnc[nH]1)C(=O)N[C@@H](CCCCN)C(=O)N[C@@H](CC(C)C)C(=O)N[C@@H](Cc1ccc(O)cc1)C(=O)O)C(C)C. The number of nitrogens with zero attached hydrogens (tertiary/aromatic N) is 2. The van der Waals surface area contributed by atoms with Gasteiger partial charge in [-0.3, -0.25) is 38.4 Å². The number of carboxylic acid groups (broad SMARTS) is 1. The van der Waals surface area contributed by atoms with E-state index in [1.165, 1.54) is 41.7 Å². The predicted molar refractivity (Wildman–Crippen MR) is 301 cm³/mol. The van der Waals surface area contributed by atoms with E-state index in [1.807, 2.05) is 34.0 Å². The summed E-state index contributed by atoms with van der Waals surface area (Å²) in [5.74, 6) is -6.63. The number of benzene rings is 1. The van der Waals surface area contributed by atoms with Gasteiger partial charge < -0.3 is 74.5 Å². The molecule has 8 amide bonds. The van der Waals surface area contributed by atoms with Gasteiger partial charge >= 0.3 is 5.97 Å². The van der Waals surface area contributed by atoms with Crippen molar-refractivity contribution >= 4 is 65.0 Å². The molecule has 0 spiro atoms. The van der Waals surface area contributed by atoms with E-state index in [4.69, 9.17) is 17.2 Å². The van der Waals surface area contributed by atoms with Crippen LogP contribution in [0.1, 0.15) is 123 Å². The average molecular weight is 1130 g/mol. The molecule has 442 valence electrons. The fourth-order valence-corrected chi connectivity index (χ4v) is 9.60. The van der Waals surface area contributed by atoms with E-state index in [-0.39, 0.29) is 75.6 Å². The molecule has 2 aromatic rings. The topological polar surface area (TPSA) is 388 Å². The first kappa shape index (κ1) is 67.0. The molecule has 79 heavy (non-hydrogen) atoms. The number of carboxylic acids is 1. The van der Waals surface area contributed by atoms with Crippen LogP contribution < -0.4 is 54.4 Å². The molecule has 0 saturated carbocycles. The van der Waals surface area contributed by atoms with Crippen molar-refractivity contribution in [2.45, 2.75) is 179 Å². The largest absolute Gasteiger partial charge is 0.508 e. The highest BCUT2D eigenvalue weighted by molar-refractivity contribution is 7.98. The number of carbonyl (C=O) groups excluding carboxylic acids is 8. The van der Waals surface area contributed by atoms with Crippen molar-refractivity contribution in [3.63, 3.8) is 0 Å². The summed E-state index contributed by atoms with van der Waals surface area (Å²) in [5.41, 5.74) is 18.6. The minimum Gasteiger partial charge on any atom is -0.508 e. The third-order valence-electron chi connectivity index (χ3n) is 13.5. The second kappa shape index (κ2) is 34.6. The maximum Gasteiger partial charge on any atom is 0.326 e. The molecule has 24 nitrogen and oxygen atoms in total. The number of likely N-dealkylation sites (tertiary alicyclic amines) is 1. The first-order valence-corrected chi connectivity index (χ1v) is 28.9. The molecule has 1 saturated heterocycles. The average Bonchev–Trinajstić information content (AvgIpc) is 4.13. The number of hydrogen-bond donors (Lipinski definition) is 13. The summed E-state index contributed by atoms with van der Waals surface area (Å²) in [4.78, 5) is 133. The first-order chi connectivity index (χ1) is 37.5. The van der Waals surface area contributed by atoms with Crippen LogP contribution in [0, 0.1) is 17.8 Å². The van der Waals surface area contributed by atoms with Crippen LogP contribution in [0.25, 0.3) is 0 Å². The summed E-state index contributed by atoms with van der Waals surface area (Å²) in [6.07, 6.45) is 8.32. The number of aromatic nitrogens is 2. The van der Waals surface area contributed by atoms with E-state index in [9.17, 15) is 53.4 Å². The summed E-state index contributed by atoms with van der Waals surface area (Å²) in [5, 5.41) is 39.0. The molecule has 0 bridgehead atoms. The number of nitrogens with one attached hydrogen (secondary N) is 8. The number of nitrogens with two attached hydrogens (primary N) is 3. The Morgan fingerprint density at radius 3 is 1.72 bits per heavy atom. The molecule has 0 radical (unpaired) electrons. The fourth-order valence-electron chi connectivity index (χ4n) is 9.11. The smallest absolute Gasteiger partial charge is 0.326 e. The Kier molecular flexibility index (Phi) is 29.4. The molecule has 0 aliphatic carbocycles. The highest BCUT2D eigenvalue weighted by atomic mass is 32.2. The molecular formula is C54H89N13O11S. The Bertz CT molecular complexity index is 2270. The maximum atomic E-state index is 14.5. The number of aromatic hydroxyl groups is 1. The monoisotopic (exact) mass is 1130 g/mol. The van der Waals surface area contributed by atoms with Crippen LogP contribution in [0.4, 0.5) is 0 Å². The molecule has 25 heteroatoms. The fraction of sp³-hybridized carbons (Fsp3) is 0.667. The van der Waals surface area contributed by atoms with Crippen molar-refractivity contribution in [1.29, 1.82) is 0 Å². The van der Waals surface area contributed by atoms with Gasteiger partial charge in [-0.15, -0.1) is 0 Å². The van der Waals surface area contributed by atoms with Crippen LogP contribution in [0.5, 0.6) is 5.75 Å². The number of unbranched alkanes of at least 4 members (excludes halogenated alkanes) is 2. The lowest BCUT2D eigenvalue weighted by atomic mass is 9.99. The lowest BCUT2D eigenvalue weighted by Gasteiger charge is -2.32. The number of hydrogen-bond acceptors (Lipinski definition) is 15. The Balaban J connectivity index is 1.84. The van der Waals surface area contributed by atoms with E-state index in [0.29, 0.717) is 62.1 Å².